The predicted molar refractivity (Wildman–Crippen MR) is 63.4 cm³/mol. The Labute approximate surface area is 98.8 Å². The third-order valence-electron chi connectivity index (χ3n) is 2.95. The van der Waals surface area contributed by atoms with Crippen LogP contribution in [-0.2, 0) is 18.0 Å². The van der Waals surface area contributed by atoms with Crippen molar-refractivity contribution in [3.8, 4) is 0 Å². The van der Waals surface area contributed by atoms with Crippen molar-refractivity contribution in [2.45, 2.75) is 25.0 Å². The molecule has 5 nitrogen and oxygen atoms in total. The summed E-state index contributed by atoms with van der Waals surface area (Å²) in [7, 11) is 2.57. The van der Waals surface area contributed by atoms with Gasteiger partial charge in [0.05, 0.1) is 12.7 Å². The van der Waals surface area contributed by atoms with Crippen LogP contribution in [0.1, 0.15) is 12.8 Å². The standard InChI is InChI=1S/C10H23NO4Si/c1-12-16(13-2,14-3)8-4-5-10-9-11-6-7-15-10/h10-11H,4-9H2,1-3H3. The van der Waals surface area contributed by atoms with Gasteiger partial charge in [0.25, 0.3) is 0 Å². The summed E-state index contributed by atoms with van der Waals surface area (Å²) in [4.78, 5) is 0. The van der Waals surface area contributed by atoms with E-state index in [2.05, 4.69) is 5.32 Å². The second-order valence-electron chi connectivity index (χ2n) is 3.88. The average molecular weight is 249 g/mol. The molecule has 0 aliphatic carbocycles. The van der Waals surface area contributed by atoms with E-state index in [-0.39, 0.29) is 0 Å². The van der Waals surface area contributed by atoms with E-state index in [1.165, 1.54) is 0 Å². The van der Waals surface area contributed by atoms with Crippen LogP contribution in [0.5, 0.6) is 0 Å². The van der Waals surface area contributed by atoms with Gasteiger partial charge in [0.15, 0.2) is 0 Å². The van der Waals surface area contributed by atoms with Gasteiger partial charge in [0, 0.05) is 40.5 Å². The molecule has 1 saturated heterocycles. The second-order valence-corrected chi connectivity index (χ2v) is 6.98. The summed E-state index contributed by atoms with van der Waals surface area (Å²) < 4.78 is 21.7. The van der Waals surface area contributed by atoms with Crippen LogP contribution in [0.3, 0.4) is 0 Å². The monoisotopic (exact) mass is 249 g/mol. The van der Waals surface area contributed by atoms with E-state index in [0.29, 0.717) is 6.10 Å². The van der Waals surface area contributed by atoms with Crippen molar-refractivity contribution in [1.82, 2.24) is 5.32 Å². The van der Waals surface area contributed by atoms with E-state index < -0.39 is 8.80 Å². The number of ether oxygens (including phenoxy) is 1. The molecule has 96 valence electrons. The molecule has 0 saturated carbocycles. The zero-order chi connectivity index (χ0) is 11.9. The van der Waals surface area contributed by atoms with Gasteiger partial charge in [-0.1, -0.05) is 0 Å². The Morgan fingerprint density at radius 3 is 2.44 bits per heavy atom. The summed E-state index contributed by atoms with van der Waals surface area (Å²) in [6.45, 7) is 2.72. The molecular formula is C10H23NO4Si. The second kappa shape index (κ2) is 7.36. The zero-order valence-electron chi connectivity index (χ0n) is 10.5. The minimum atomic E-state index is -2.38. The SMILES string of the molecule is CO[Si](CCCC1CNCCO1)(OC)OC. The molecule has 1 aliphatic heterocycles. The van der Waals surface area contributed by atoms with Gasteiger partial charge in [0.2, 0.25) is 0 Å². The van der Waals surface area contributed by atoms with E-state index in [1.54, 1.807) is 21.3 Å². The lowest BCUT2D eigenvalue weighted by molar-refractivity contribution is 0.0221. The van der Waals surface area contributed by atoms with Crippen LogP contribution in [-0.4, -0.2) is 55.9 Å². The first-order chi connectivity index (χ1) is 7.76. The molecule has 1 heterocycles. The smallest absolute Gasteiger partial charge is 0.377 e. The Morgan fingerprint density at radius 1 is 1.25 bits per heavy atom. The first-order valence-electron chi connectivity index (χ1n) is 5.74. The van der Waals surface area contributed by atoms with Crippen molar-refractivity contribution in [2.24, 2.45) is 0 Å². The van der Waals surface area contributed by atoms with Crippen LogP contribution in [0, 0.1) is 0 Å². The van der Waals surface area contributed by atoms with Gasteiger partial charge in [-0.25, -0.2) is 0 Å². The number of hydrogen-bond acceptors (Lipinski definition) is 5. The van der Waals surface area contributed by atoms with Crippen LogP contribution in [0.4, 0.5) is 0 Å². The Kier molecular flexibility index (Phi) is 6.48. The fourth-order valence-electron chi connectivity index (χ4n) is 1.91. The zero-order valence-corrected chi connectivity index (χ0v) is 11.5. The minimum Gasteiger partial charge on any atom is -0.377 e. The molecule has 0 spiro atoms. The summed E-state index contributed by atoms with van der Waals surface area (Å²) in [5.41, 5.74) is 0. The summed E-state index contributed by atoms with van der Waals surface area (Å²) in [6.07, 6.45) is 2.36. The van der Waals surface area contributed by atoms with Crippen molar-refractivity contribution in [2.75, 3.05) is 41.0 Å². The molecule has 16 heavy (non-hydrogen) atoms. The van der Waals surface area contributed by atoms with Crippen LogP contribution in [0.15, 0.2) is 0 Å². The lowest BCUT2D eigenvalue weighted by Gasteiger charge is -2.27. The van der Waals surface area contributed by atoms with Gasteiger partial charge in [0.1, 0.15) is 0 Å². The topological polar surface area (TPSA) is 49.0 Å². The normalized spacial score (nSPS) is 22.3. The lowest BCUT2D eigenvalue weighted by atomic mass is 10.2. The maximum Gasteiger partial charge on any atom is 0.500 e. The van der Waals surface area contributed by atoms with Gasteiger partial charge < -0.3 is 23.3 Å². The fraction of sp³-hybridized carbons (Fsp3) is 1.00. The third kappa shape index (κ3) is 4.12. The van der Waals surface area contributed by atoms with Crippen molar-refractivity contribution in [3.63, 3.8) is 0 Å². The number of nitrogens with one attached hydrogen (secondary N) is 1. The Morgan fingerprint density at radius 2 is 1.94 bits per heavy atom. The Balaban J connectivity index is 2.21. The summed E-state index contributed by atoms with van der Waals surface area (Å²) in [5.74, 6) is 0. The highest BCUT2D eigenvalue weighted by Crippen LogP contribution is 2.18. The maximum absolute atomic E-state index is 5.62. The number of morpholine rings is 1. The van der Waals surface area contributed by atoms with E-state index in [9.17, 15) is 0 Å². The highest BCUT2D eigenvalue weighted by molar-refractivity contribution is 6.60. The van der Waals surface area contributed by atoms with Gasteiger partial charge in [-0.15, -0.1) is 0 Å². The molecule has 1 fully saturated rings. The molecule has 1 N–H and O–H groups in total. The van der Waals surface area contributed by atoms with E-state index in [1.807, 2.05) is 0 Å². The molecule has 1 atom stereocenters. The fourth-order valence-corrected chi connectivity index (χ4v) is 3.66. The van der Waals surface area contributed by atoms with E-state index in [0.717, 1.165) is 38.6 Å². The van der Waals surface area contributed by atoms with Gasteiger partial charge in [-0.2, -0.15) is 0 Å². The third-order valence-corrected chi connectivity index (χ3v) is 5.78. The molecule has 6 heteroatoms. The first-order valence-corrected chi connectivity index (χ1v) is 7.67. The van der Waals surface area contributed by atoms with E-state index >= 15 is 0 Å². The quantitative estimate of drug-likeness (QED) is 0.671. The number of rotatable bonds is 7. The van der Waals surface area contributed by atoms with Gasteiger partial charge >= 0.3 is 8.80 Å². The van der Waals surface area contributed by atoms with Gasteiger partial charge in [-0.05, 0) is 12.8 Å². The molecule has 1 rings (SSSR count). The van der Waals surface area contributed by atoms with Crippen LogP contribution < -0.4 is 5.32 Å². The highest BCUT2D eigenvalue weighted by Gasteiger charge is 2.37. The van der Waals surface area contributed by atoms with Crippen molar-refractivity contribution in [1.29, 1.82) is 0 Å². The van der Waals surface area contributed by atoms with Crippen LogP contribution in [0.2, 0.25) is 6.04 Å². The van der Waals surface area contributed by atoms with Gasteiger partial charge in [-0.3, -0.25) is 0 Å². The van der Waals surface area contributed by atoms with Crippen molar-refractivity contribution < 1.29 is 18.0 Å². The molecule has 0 aromatic carbocycles. The lowest BCUT2D eigenvalue weighted by Crippen LogP contribution is -2.43. The summed E-state index contributed by atoms with van der Waals surface area (Å²) in [5, 5.41) is 3.32. The van der Waals surface area contributed by atoms with E-state index in [4.69, 9.17) is 18.0 Å². The molecule has 0 radical (unpaired) electrons. The molecule has 0 aromatic rings. The minimum absolute atomic E-state index is 0.325. The Bertz CT molecular complexity index is 175. The summed E-state index contributed by atoms with van der Waals surface area (Å²) >= 11 is 0. The van der Waals surface area contributed by atoms with Crippen LogP contribution in [0.25, 0.3) is 0 Å². The summed E-state index contributed by atoms with van der Waals surface area (Å²) in [6, 6.07) is 0.844. The average Bonchev–Trinajstić information content (AvgIpc) is 2.37. The first kappa shape index (κ1) is 14.1. The molecule has 0 aromatic heterocycles. The molecule has 0 bridgehead atoms. The molecular weight excluding hydrogens is 226 g/mol. The number of hydrogen-bond donors (Lipinski definition) is 1. The predicted octanol–water partition coefficient (Wildman–Crippen LogP) is 0.633. The largest absolute Gasteiger partial charge is 0.500 e. The molecule has 0 amide bonds. The van der Waals surface area contributed by atoms with Crippen LogP contribution >= 0.6 is 0 Å². The van der Waals surface area contributed by atoms with Crippen molar-refractivity contribution >= 4 is 8.80 Å². The maximum atomic E-state index is 5.62. The molecule has 1 aliphatic rings. The molecule has 1 unspecified atom stereocenters. The Hall–Kier alpha value is 0.0169. The van der Waals surface area contributed by atoms with Crippen molar-refractivity contribution in [3.05, 3.63) is 0 Å². The highest BCUT2D eigenvalue weighted by atomic mass is 28.4.